The number of rotatable bonds is 6. The van der Waals surface area contributed by atoms with Gasteiger partial charge in [0.2, 0.25) is 0 Å². The number of thioether (sulfide) groups is 1. The van der Waals surface area contributed by atoms with Crippen LogP contribution >= 0.6 is 11.8 Å². The molecule has 0 aromatic rings. The van der Waals surface area contributed by atoms with E-state index in [2.05, 4.69) is 13.8 Å². The van der Waals surface area contributed by atoms with E-state index in [-0.39, 0.29) is 5.97 Å². The highest BCUT2D eigenvalue weighted by molar-refractivity contribution is 7.99. The highest BCUT2D eigenvalue weighted by Gasteiger charge is 2.31. The van der Waals surface area contributed by atoms with E-state index < -0.39 is 5.54 Å². The maximum Gasteiger partial charge on any atom is 0.325 e. The van der Waals surface area contributed by atoms with Gasteiger partial charge in [-0.15, -0.1) is 0 Å². The van der Waals surface area contributed by atoms with E-state index in [0.29, 0.717) is 18.3 Å². The molecule has 2 atom stereocenters. The summed E-state index contributed by atoms with van der Waals surface area (Å²) in [6, 6.07) is 0. The first-order chi connectivity index (χ1) is 6.44. The molecule has 0 heterocycles. The number of hydrogen-bond donors (Lipinski definition) is 1. The van der Waals surface area contributed by atoms with Gasteiger partial charge in [0.25, 0.3) is 0 Å². The molecular weight excluding hydrogens is 198 g/mol. The molecule has 84 valence electrons. The Hall–Kier alpha value is -0.220. The standard InChI is InChI=1S/C10H21NO2S/c1-5-13-9(12)10(4,11)7-8(3)14-6-2/h8H,5-7,11H2,1-4H3. The van der Waals surface area contributed by atoms with Crippen molar-refractivity contribution < 1.29 is 9.53 Å². The van der Waals surface area contributed by atoms with Crippen LogP contribution in [0.3, 0.4) is 0 Å². The summed E-state index contributed by atoms with van der Waals surface area (Å²) >= 11 is 1.81. The fraction of sp³-hybridized carbons (Fsp3) is 0.900. The average Bonchev–Trinajstić information content (AvgIpc) is 2.03. The highest BCUT2D eigenvalue weighted by atomic mass is 32.2. The second-order valence-electron chi connectivity index (χ2n) is 3.61. The molecule has 2 N–H and O–H groups in total. The summed E-state index contributed by atoms with van der Waals surface area (Å²) < 4.78 is 4.91. The van der Waals surface area contributed by atoms with Gasteiger partial charge in [-0.1, -0.05) is 13.8 Å². The Balaban J connectivity index is 4.10. The summed E-state index contributed by atoms with van der Waals surface area (Å²) in [5.74, 6) is 0.739. The highest BCUT2D eigenvalue weighted by Crippen LogP contribution is 2.20. The van der Waals surface area contributed by atoms with E-state index in [1.807, 2.05) is 0 Å². The SMILES string of the molecule is CCOC(=O)C(C)(N)CC(C)SCC. The monoisotopic (exact) mass is 219 g/mol. The molecular formula is C10H21NO2S. The molecule has 0 saturated heterocycles. The normalized spacial score (nSPS) is 17.2. The van der Waals surface area contributed by atoms with Crippen LogP contribution in [0.15, 0.2) is 0 Å². The van der Waals surface area contributed by atoms with Crippen LogP contribution < -0.4 is 5.73 Å². The number of ether oxygens (including phenoxy) is 1. The Morgan fingerprint density at radius 1 is 1.57 bits per heavy atom. The van der Waals surface area contributed by atoms with Gasteiger partial charge >= 0.3 is 5.97 Å². The molecule has 0 aliphatic rings. The van der Waals surface area contributed by atoms with Gasteiger partial charge in [-0.3, -0.25) is 4.79 Å². The van der Waals surface area contributed by atoms with E-state index in [0.717, 1.165) is 5.75 Å². The predicted molar refractivity (Wildman–Crippen MR) is 61.4 cm³/mol. The molecule has 0 rings (SSSR count). The molecule has 0 aromatic carbocycles. The van der Waals surface area contributed by atoms with Gasteiger partial charge in [0.15, 0.2) is 0 Å². The number of nitrogens with two attached hydrogens (primary N) is 1. The van der Waals surface area contributed by atoms with Gasteiger partial charge in [0, 0.05) is 5.25 Å². The summed E-state index contributed by atoms with van der Waals surface area (Å²) in [6.45, 7) is 8.09. The summed E-state index contributed by atoms with van der Waals surface area (Å²) in [4.78, 5) is 11.4. The van der Waals surface area contributed by atoms with Crippen molar-refractivity contribution in [2.45, 2.75) is 44.9 Å². The Bertz CT molecular complexity index is 183. The lowest BCUT2D eigenvalue weighted by Gasteiger charge is -2.25. The molecule has 3 nitrogen and oxygen atoms in total. The molecule has 0 spiro atoms. The zero-order chi connectivity index (χ0) is 11.2. The Morgan fingerprint density at radius 3 is 2.57 bits per heavy atom. The minimum absolute atomic E-state index is 0.302. The molecule has 4 heteroatoms. The van der Waals surface area contributed by atoms with Crippen molar-refractivity contribution in [3.63, 3.8) is 0 Å². The van der Waals surface area contributed by atoms with Crippen molar-refractivity contribution in [3.05, 3.63) is 0 Å². The number of carbonyl (C=O) groups excluding carboxylic acids is 1. The first kappa shape index (κ1) is 13.8. The maximum atomic E-state index is 11.4. The Kier molecular flexibility index (Phi) is 6.20. The van der Waals surface area contributed by atoms with Crippen molar-refractivity contribution in [1.29, 1.82) is 0 Å². The quantitative estimate of drug-likeness (QED) is 0.692. The molecule has 0 fully saturated rings. The molecule has 0 amide bonds. The van der Waals surface area contributed by atoms with Gasteiger partial charge in [-0.05, 0) is 26.0 Å². The van der Waals surface area contributed by atoms with Gasteiger partial charge in [-0.2, -0.15) is 11.8 Å². The van der Waals surface area contributed by atoms with Gasteiger partial charge < -0.3 is 10.5 Å². The van der Waals surface area contributed by atoms with Crippen LogP contribution in [0, 0.1) is 0 Å². The molecule has 2 unspecified atom stereocenters. The van der Waals surface area contributed by atoms with E-state index in [1.54, 1.807) is 25.6 Å². The molecule has 0 aromatic heterocycles. The second kappa shape index (κ2) is 6.30. The summed E-state index contributed by atoms with van der Waals surface area (Å²) in [5.41, 5.74) is 5.04. The third-order valence-corrected chi connectivity index (χ3v) is 2.97. The summed E-state index contributed by atoms with van der Waals surface area (Å²) in [6.07, 6.45) is 0.657. The molecule has 0 saturated carbocycles. The Labute approximate surface area is 90.8 Å². The summed E-state index contributed by atoms with van der Waals surface area (Å²) in [5, 5.41) is 0.388. The topological polar surface area (TPSA) is 52.3 Å². The predicted octanol–water partition coefficient (Wildman–Crippen LogP) is 1.80. The van der Waals surface area contributed by atoms with Gasteiger partial charge in [-0.25, -0.2) is 0 Å². The Morgan fingerprint density at radius 2 is 2.14 bits per heavy atom. The maximum absolute atomic E-state index is 11.4. The molecule has 0 radical (unpaired) electrons. The zero-order valence-electron chi connectivity index (χ0n) is 9.50. The van der Waals surface area contributed by atoms with Crippen LogP contribution in [0.1, 0.15) is 34.1 Å². The van der Waals surface area contributed by atoms with Gasteiger partial charge in [0.1, 0.15) is 5.54 Å². The van der Waals surface area contributed by atoms with Crippen molar-refractivity contribution >= 4 is 17.7 Å². The average molecular weight is 219 g/mol. The first-order valence-corrected chi connectivity index (χ1v) is 6.06. The number of hydrogen-bond acceptors (Lipinski definition) is 4. The number of carbonyl (C=O) groups is 1. The lowest BCUT2D eigenvalue weighted by molar-refractivity contribution is -0.149. The van der Waals surface area contributed by atoms with Crippen LogP contribution in [-0.4, -0.2) is 29.1 Å². The molecule has 0 aliphatic heterocycles. The fourth-order valence-electron chi connectivity index (χ4n) is 1.32. The third kappa shape index (κ3) is 4.86. The van der Waals surface area contributed by atoms with Crippen LogP contribution in [0.25, 0.3) is 0 Å². The van der Waals surface area contributed by atoms with E-state index >= 15 is 0 Å². The van der Waals surface area contributed by atoms with E-state index in [1.165, 1.54) is 0 Å². The second-order valence-corrected chi connectivity index (χ2v) is 5.32. The van der Waals surface area contributed by atoms with Gasteiger partial charge in [0.05, 0.1) is 6.61 Å². The van der Waals surface area contributed by atoms with Crippen molar-refractivity contribution in [3.8, 4) is 0 Å². The van der Waals surface area contributed by atoms with Crippen molar-refractivity contribution in [1.82, 2.24) is 0 Å². The minimum Gasteiger partial charge on any atom is -0.465 e. The molecule has 14 heavy (non-hydrogen) atoms. The van der Waals surface area contributed by atoms with Crippen molar-refractivity contribution in [2.24, 2.45) is 5.73 Å². The van der Waals surface area contributed by atoms with E-state index in [4.69, 9.17) is 10.5 Å². The van der Waals surface area contributed by atoms with Crippen LogP contribution in [0.2, 0.25) is 0 Å². The smallest absolute Gasteiger partial charge is 0.325 e. The van der Waals surface area contributed by atoms with Crippen LogP contribution in [0.5, 0.6) is 0 Å². The lowest BCUT2D eigenvalue weighted by Crippen LogP contribution is -2.47. The zero-order valence-corrected chi connectivity index (χ0v) is 10.3. The molecule has 0 aliphatic carbocycles. The third-order valence-electron chi connectivity index (χ3n) is 1.90. The first-order valence-electron chi connectivity index (χ1n) is 5.01. The summed E-state index contributed by atoms with van der Waals surface area (Å²) in [7, 11) is 0. The van der Waals surface area contributed by atoms with Crippen LogP contribution in [0.4, 0.5) is 0 Å². The lowest BCUT2D eigenvalue weighted by atomic mass is 9.98. The fourth-order valence-corrected chi connectivity index (χ4v) is 2.35. The van der Waals surface area contributed by atoms with Crippen LogP contribution in [-0.2, 0) is 9.53 Å². The van der Waals surface area contributed by atoms with Crippen molar-refractivity contribution in [2.75, 3.05) is 12.4 Å². The van der Waals surface area contributed by atoms with E-state index in [9.17, 15) is 4.79 Å². The minimum atomic E-state index is -0.850. The largest absolute Gasteiger partial charge is 0.465 e. The molecule has 0 bridgehead atoms. The number of esters is 1.